The van der Waals surface area contributed by atoms with Crippen molar-refractivity contribution in [1.82, 2.24) is 0 Å². The molecular formula is C3H2BrI3. The molecule has 0 radical (unpaired) electrons. The fourth-order valence-corrected chi connectivity index (χ4v) is 1.76. The van der Waals surface area contributed by atoms with Gasteiger partial charge in [-0.15, -0.1) is 0 Å². The van der Waals surface area contributed by atoms with Crippen LogP contribution in [0.2, 0.25) is 0 Å². The summed E-state index contributed by atoms with van der Waals surface area (Å²) in [6.07, 6.45) is 0. The van der Waals surface area contributed by atoms with E-state index in [0.29, 0.717) is 0 Å². The Hall–Kier alpha value is 2.41. The molecule has 0 fully saturated rings. The number of hydrogen-bond acceptors (Lipinski definition) is 0. The summed E-state index contributed by atoms with van der Waals surface area (Å²) >= 11 is 10.2. The van der Waals surface area contributed by atoms with E-state index in [1.807, 2.05) is 0 Å². The fourth-order valence-electron chi connectivity index (χ4n) is 0.0505. The van der Waals surface area contributed by atoms with E-state index in [0.717, 1.165) is 5.33 Å². The third kappa shape index (κ3) is 4.89. The average molecular weight is 499 g/mol. The highest BCUT2D eigenvalue weighted by molar-refractivity contribution is 14.2. The van der Waals surface area contributed by atoms with Crippen molar-refractivity contribution in [1.29, 1.82) is 0 Å². The summed E-state index contributed by atoms with van der Waals surface area (Å²) < 4.78 is 2.71. The van der Waals surface area contributed by atoms with E-state index in [1.54, 1.807) is 0 Å². The van der Waals surface area contributed by atoms with Gasteiger partial charge in [-0.05, 0) is 67.8 Å². The molecule has 7 heavy (non-hydrogen) atoms. The standard InChI is InChI=1S/C3H2BrI3/c4-1-2(5)3(6)7/h1H2. The minimum Gasteiger partial charge on any atom is -0.0871 e. The molecule has 0 saturated carbocycles. The second-order valence-electron chi connectivity index (χ2n) is 0.799. The Labute approximate surface area is 92.4 Å². The van der Waals surface area contributed by atoms with Crippen LogP contribution < -0.4 is 0 Å². The Balaban J connectivity index is 3.72. The van der Waals surface area contributed by atoms with Gasteiger partial charge in [0.05, 0.1) is 1.59 Å². The van der Waals surface area contributed by atoms with Crippen LogP contribution in [0.4, 0.5) is 0 Å². The molecule has 0 amide bonds. The van der Waals surface area contributed by atoms with Crippen molar-refractivity contribution in [3.05, 3.63) is 5.17 Å². The molecular weight excluding hydrogens is 497 g/mol. The quantitative estimate of drug-likeness (QED) is 0.381. The van der Waals surface area contributed by atoms with Crippen molar-refractivity contribution < 1.29 is 0 Å². The first kappa shape index (κ1) is 9.41. The van der Waals surface area contributed by atoms with Gasteiger partial charge in [-0.25, -0.2) is 0 Å². The average Bonchev–Trinajstić information content (AvgIpc) is 1.65. The van der Waals surface area contributed by atoms with Gasteiger partial charge in [0.1, 0.15) is 0 Å². The molecule has 0 aromatic rings. The molecule has 0 aliphatic rings. The zero-order chi connectivity index (χ0) is 5.86. The minimum atomic E-state index is 0.981. The SMILES string of the molecule is BrCC(I)=C(I)I. The van der Waals surface area contributed by atoms with Crippen LogP contribution >= 0.6 is 83.7 Å². The van der Waals surface area contributed by atoms with Gasteiger partial charge in [-0.1, -0.05) is 15.9 Å². The lowest BCUT2D eigenvalue weighted by molar-refractivity contribution is 1.83. The molecule has 0 saturated heterocycles. The second kappa shape index (κ2) is 5.21. The maximum Gasteiger partial charge on any atom is 0.0615 e. The fraction of sp³-hybridized carbons (Fsp3) is 0.333. The number of allylic oxidation sites excluding steroid dienone is 1. The first-order valence-corrected chi connectivity index (χ1v) is 5.80. The molecule has 0 unspecified atom stereocenters. The van der Waals surface area contributed by atoms with Gasteiger partial charge in [-0.2, -0.15) is 0 Å². The Morgan fingerprint density at radius 1 is 1.29 bits per heavy atom. The van der Waals surface area contributed by atoms with Crippen LogP contribution in [0.5, 0.6) is 0 Å². The molecule has 4 heteroatoms. The van der Waals surface area contributed by atoms with E-state index >= 15 is 0 Å². The molecule has 0 aliphatic carbocycles. The Morgan fingerprint density at radius 3 is 1.71 bits per heavy atom. The Morgan fingerprint density at radius 2 is 1.71 bits per heavy atom. The van der Waals surface area contributed by atoms with E-state index in [9.17, 15) is 0 Å². The zero-order valence-electron chi connectivity index (χ0n) is 3.22. The molecule has 0 heterocycles. The van der Waals surface area contributed by atoms with E-state index < -0.39 is 0 Å². The lowest BCUT2D eigenvalue weighted by Crippen LogP contribution is -1.66. The van der Waals surface area contributed by atoms with Crippen LogP contribution in [0.1, 0.15) is 0 Å². The van der Waals surface area contributed by atoms with E-state index in [4.69, 9.17) is 0 Å². The normalized spacial score (nSPS) is 8.57. The molecule has 0 aromatic carbocycles. The number of rotatable bonds is 1. The van der Waals surface area contributed by atoms with Gasteiger partial charge in [0.15, 0.2) is 0 Å². The molecule has 0 nitrogen and oxygen atoms in total. The van der Waals surface area contributed by atoms with Crippen molar-refractivity contribution in [3.63, 3.8) is 0 Å². The minimum absolute atomic E-state index is 0.981. The van der Waals surface area contributed by atoms with E-state index in [1.165, 1.54) is 5.17 Å². The predicted octanol–water partition coefficient (Wildman–Crippen LogP) is 3.86. The number of halogens is 4. The summed E-state index contributed by atoms with van der Waals surface area (Å²) in [4.78, 5) is 0. The molecule has 0 spiro atoms. The lowest BCUT2D eigenvalue weighted by Gasteiger charge is -1.87. The molecule has 0 aliphatic heterocycles. The van der Waals surface area contributed by atoms with Gasteiger partial charge in [0.25, 0.3) is 0 Å². The van der Waals surface area contributed by atoms with Gasteiger partial charge in [0.2, 0.25) is 0 Å². The van der Waals surface area contributed by atoms with Crippen LogP contribution in [-0.4, -0.2) is 5.33 Å². The van der Waals surface area contributed by atoms with Gasteiger partial charge >= 0.3 is 0 Å². The van der Waals surface area contributed by atoms with Crippen molar-refractivity contribution in [2.75, 3.05) is 5.33 Å². The predicted molar refractivity (Wildman–Crippen MR) is 62.9 cm³/mol. The Kier molecular flexibility index (Phi) is 7.01. The van der Waals surface area contributed by atoms with Crippen molar-refractivity contribution in [2.45, 2.75) is 0 Å². The van der Waals surface area contributed by atoms with Crippen molar-refractivity contribution >= 4 is 83.7 Å². The van der Waals surface area contributed by atoms with Crippen LogP contribution in [0, 0.1) is 0 Å². The largest absolute Gasteiger partial charge is 0.0871 e. The van der Waals surface area contributed by atoms with Crippen LogP contribution in [0.15, 0.2) is 5.17 Å². The van der Waals surface area contributed by atoms with Crippen molar-refractivity contribution in [2.24, 2.45) is 0 Å². The van der Waals surface area contributed by atoms with Gasteiger partial charge in [-0.3, -0.25) is 0 Å². The Bertz CT molecular complexity index is 84.2. The molecule has 42 valence electrons. The molecule has 0 N–H and O–H groups in total. The highest BCUT2D eigenvalue weighted by atomic mass is 127. The van der Waals surface area contributed by atoms with E-state index in [-0.39, 0.29) is 0 Å². The molecule has 0 aromatic heterocycles. The summed E-state index contributed by atoms with van der Waals surface area (Å²) in [6, 6.07) is 0. The van der Waals surface area contributed by atoms with Gasteiger partial charge in [0, 0.05) is 8.91 Å². The summed E-state index contributed by atoms with van der Waals surface area (Å²) in [7, 11) is 0. The van der Waals surface area contributed by atoms with Crippen LogP contribution in [0.3, 0.4) is 0 Å². The van der Waals surface area contributed by atoms with Crippen LogP contribution in [-0.2, 0) is 0 Å². The molecule has 0 atom stereocenters. The number of hydrogen-bond donors (Lipinski definition) is 0. The third-order valence-electron chi connectivity index (χ3n) is 0.322. The van der Waals surface area contributed by atoms with Gasteiger partial charge < -0.3 is 0 Å². The second-order valence-corrected chi connectivity index (χ2v) is 6.88. The smallest absolute Gasteiger partial charge is 0.0615 e. The lowest BCUT2D eigenvalue weighted by atomic mass is 10.8. The first-order chi connectivity index (χ1) is 3.18. The summed E-state index contributed by atoms with van der Waals surface area (Å²) in [6.45, 7) is 0. The summed E-state index contributed by atoms with van der Waals surface area (Å²) in [5.41, 5.74) is 0. The van der Waals surface area contributed by atoms with Crippen molar-refractivity contribution in [3.8, 4) is 0 Å². The maximum absolute atomic E-state index is 3.34. The molecule has 0 rings (SSSR count). The summed E-state index contributed by atoms with van der Waals surface area (Å²) in [5, 5.41) is 0.981. The number of alkyl halides is 1. The maximum atomic E-state index is 3.34. The monoisotopic (exact) mass is 498 g/mol. The highest BCUT2D eigenvalue weighted by Crippen LogP contribution is 2.26. The molecule has 0 bridgehead atoms. The summed E-state index contributed by atoms with van der Waals surface area (Å²) in [5.74, 6) is 0. The third-order valence-corrected chi connectivity index (χ3v) is 6.22. The first-order valence-electron chi connectivity index (χ1n) is 1.44. The highest BCUT2D eigenvalue weighted by Gasteiger charge is 1.90. The zero-order valence-corrected chi connectivity index (χ0v) is 11.3. The van der Waals surface area contributed by atoms with Crippen LogP contribution in [0.25, 0.3) is 0 Å². The topological polar surface area (TPSA) is 0 Å². The van der Waals surface area contributed by atoms with E-state index in [2.05, 4.69) is 83.7 Å².